The van der Waals surface area contributed by atoms with Gasteiger partial charge in [0, 0.05) is 37.2 Å². The van der Waals surface area contributed by atoms with Crippen LogP contribution >= 0.6 is 0 Å². The molecule has 3 heterocycles. The van der Waals surface area contributed by atoms with Crippen molar-refractivity contribution < 1.29 is 14.1 Å². The molecule has 25 heavy (non-hydrogen) atoms. The van der Waals surface area contributed by atoms with Crippen molar-refractivity contribution >= 4 is 5.91 Å². The predicted octanol–water partition coefficient (Wildman–Crippen LogP) is 1.82. The summed E-state index contributed by atoms with van der Waals surface area (Å²) < 4.78 is 10.9. The first-order chi connectivity index (χ1) is 12.0. The van der Waals surface area contributed by atoms with Gasteiger partial charge in [-0.2, -0.15) is 4.98 Å². The minimum Gasteiger partial charge on any atom is -0.367 e. The van der Waals surface area contributed by atoms with Gasteiger partial charge in [0.25, 0.3) is 0 Å². The fourth-order valence-electron chi connectivity index (χ4n) is 2.63. The molecule has 0 aliphatic carbocycles. The molecule has 0 N–H and O–H groups in total. The van der Waals surface area contributed by atoms with Crippen molar-refractivity contribution in [2.24, 2.45) is 0 Å². The quantitative estimate of drug-likeness (QED) is 0.816. The van der Waals surface area contributed by atoms with Gasteiger partial charge in [0.05, 0.1) is 13.2 Å². The van der Waals surface area contributed by atoms with E-state index in [4.69, 9.17) is 9.26 Å². The van der Waals surface area contributed by atoms with E-state index >= 15 is 0 Å². The molecule has 1 atom stereocenters. The van der Waals surface area contributed by atoms with Crippen LogP contribution in [0.2, 0.25) is 0 Å². The molecule has 0 spiro atoms. The molecule has 1 unspecified atom stereocenters. The van der Waals surface area contributed by atoms with E-state index in [1.165, 1.54) is 0 Å². The van der Waals surface area contributed by atoms with Crippen molar-refractivity contribution in [3.05, 3.63) is 35.5 Å². The molecule has 1 amide bonds. The fourth-order valence-corrected chi connectivity index (χ4v) is 2.63. The van der Waals surface area contributed by atoms with Crippen molar-refractivity contribution in [1.82, 2.24) is 25.0 Å². The van der Waals surface area contributed by atoms with Crippen molar-refractivity contribution in [3.63, 3.8) is 0 Å². The van der Waals surface area contributed by atoms with Gasteiger partial charge in [-0.15, -0.1) is 0 Å². The minimum absolute atomic E-state index is 0.0465. The third-order valence-electron chi connectivity index (χ3n) is 4.07. The van der Waals surface area contributed by atoms with Crippen LogP contribution in [0.25, 0.3) is 0 Å². The van der Waals surface area contributed by atoms with Gasteiger partial charge in [0.15, 0.2) is 11.6 Å². The fraction of sp³-hybridized carbons (Fsp3) is 0.588. The number of amides is 1. The number of carbonyl (C=O) groups is 1. The summed E-state index contributed by atoms with van der Waals surface area (Å²) in [6.07, 6.45) is 2.21. The Balaban J connectivity index is 1.56. The van der Waals surface area contributed by atoms with Crippen molar-refractivity contribution in [3.8, 4) is 0 Å². The normalized spacial score (nSPS) is 17.9. The van der Waals surface area contributed by atoms with Crippen LogP contribution in [-0.2, 0) is 16.0 Å². The molecule has 0 bridgehead atoms. The Morgan fingerprint density at radius 3 is 2.96 bits per heavy atom. The molecule has 0 aromatic carbocycles. The first kappa shape index (κ1) is 17.5. The lowest BCUT2D eigenvalue weighted by Crippen LogP contribution is -2.42. The van der Waals surface area contributed by atoms with E-state index in [1.54, 1.807) is 11.1 Å². The maximum atomic E-state index is 12.5. The van der Waals surface area contributed by atoms with E-state index < -0.39 is 0 Å². The van der Waals surface area contributed by atoms with Crippen LogP contribution < -0.4 is 0 Å². The summed E-state index contributed by atoms with van der Waals surface area (Å²) in [5.74, 6) is 2.05. The highest BCUT2D eigenvalue weighted by Gasteiger charge is 2.27. The van der Waals surface area contributed by atoms with Gasteiger partial charge in [-0.05, 0) is 13.0 Å². The first-order valence-corrected chi connectivity index (χ1v) is 8.54. The van der Waals surface area contributed by atoms with Crippen molar-refractivity contribution in [1.29, 1.82) is 0 Å². The molecule has 1 saturated heterocycles. The largest absolute Gasteiger partial charge is 0.367 e. The van der Waals surface area contributed by atoms with E-state index in [0.717, 1.165) is 5.69 Å². The van der Waals surface area contributed by atoms with Gasteiger partial charge in [0.1, 0.15) is 6.10 Å². The van der Waals surface area contributed by atoms with E-state index in [-0.39, 0.29) is 17.9 Å². The van der Waals surface area contributed by atoms with Crippen molar-refractivity contribution in [2.75, 3.05) is 19.7 Å². The molecule has 8 heteroatoms. The molecule has 1 fully saturated rings. The number of hydrogen-bond acceptors (Lipinski definition) is 7. The number of rotatable bonds is 5. The summed E-state index contributed by atoms with van der Waals surface area (Å²) in [5, 5.41) is 3.92. The molecule has 0 saturated carbocycles. The number of aryl methyl sites for hydroxylation is 2. The molecule has 3 rings (SSSR count). The monoisotopic (exact) mass is 345 g/mol. The molecule has 8 nitrogen and oxygen atoms in total. The highest BCUT2D eigenvalue weighted by atomic mass is 16.5. The van der Waals surface area contributed by atoms with Crippen LogP contribution in [0.3, 0.4) is 0 Å². The van der Waals surface area contributed by atoms with Gasteiger partial charge < -0.3 is 14.2 Å². The number of ether oxygens (including phenoxy) is 1. The summed E-state index contributed by atoms with van der Waals surface area (Å²) >= 11 is 0. The van der Waals surface area contributed by atoms with Crippen molar-refractivity contribution in [2.45, 2.75) is 45.6 Å². The Kier molecular flexibility index (Phi) is 5.37. The number of carbonyl (C=O) groups excluding carboxylic acids is 1. The summed E-state index contributed by atoms with van der Waals surface area (Å²) in [6.45, 7) is 7.42. The zero-order chi connectivity index (χ0) is 17.8. The lowest BCUT2D eigenvalue weighted by molar-refractivity contribution is -0.139. The lowest BCUT2D eigenvalue weighted by atomic mass is 10.2. The molecule has 134 valence electrons. The van der Waals surface area contributed by atoms with Gasteiger partial charge in [-0.3, -0.25) is 4.79 Å². The van der Waals surface area contributed by atoms with Crippen LogP contribution in [0.4, 0.5) is 0 Å². The summed E-state index contributed by atoms with van der Waals surface area (Å²) in [7, 11) is 0. The maximum absolute atomic E-state index is 12.5. The van der Waals surface area contributed by atoms with Crippen LogP contribution in [0, 0.1) is 6.92 Å². The van der Waals surface area contributed by atoms with E-state index in [2.05, 4.69) is 20.1 Å². The number of hydrogen-bond donors (Lipinski definition) is 0. The Hall–Kier alpha value is -2.35. The smallest absolute Gasteiger partial charge is 0.227 e. The Morgan fingerprint density at radius 2 is 2.24 bits per heavy atom. The third-order valence-corrected chi connectivity index (χ3v) is 4.07. The van der Waals surface area contributed by atoms with Gasteiger partial charge in [-0.1, -0.05) is 19.0 Å². The third kappa shape index (κ3) is 4.39. The van der Waals surface area contributed by atoms with Gasteiger partial charge in [0.2, 0.25) is 11.8 Å². The van der Waals surface area contributed by atoms with Crippen LogP contribution in [-0.4, -0.2) is 50.6 Å². The molecule has 2 aromatic rings. The molecule has 1 aliphatic heterocycles. The zero-order valence-corrected chi connectivity index (χ0v) is 14.8. The minimum atomic E-state index is -0.284. The second-order valence-corrected chi connectivity index (χ2v) is 6.46. The Bertz CT molecular complexity index is 731. The number of aromatic nitrogens is 4. The van der Waals surface area contributed by atoms with Crippen LogP contribution in [0.15, 0.2) is 16.8 Å². The van der Waals surface area contributed by atoms with Crippen LogP contribution in [0.1, 0.15) is 55.5 Å². The number of nitrogens with zero attached hydrogens (tertiary/aromatic N) is 5. The Labute approximate surface area is 146 Å². The second kappa shape index (κ2) is 7.69. The highest BCUT2D eigenvalue weighted by Crippen LogP contribution is 2.20. The topological polar surface area (TPSA) is 94.2 Å². The first-order valence-electron chi connectivity index (χ1n) is 8.54. The average molecular weight is 345 g/mol. The van der Waals surface area contributed by atoms with E-state index in [9.17, 15) is 4.79 Å². The molecular weight excluding hydrogens is 322 g/mol. The molecule has 1 aliphatic rings. The zero-order valence-electron chi connectivity index (χ0n) is 14.8. The van der Waals surface area contributed by atoms with Crippen LogP contribution in [0.5, 0.6) is 0 Å². The molecule has 2 aromatic heterocycles. The summed E-state index contributed by atoms with van der Waals surface area (Å²) in [4.78, 5) is 27.3. The maximum Gasteiger partial charge on any atom is 0.227 e. The predicted molar refractivity (Wildman–Crippen MR) is 88.8 cm³/mol. The average Bonchev–Trinajstić information content (AvgIpc) is 3.09. The second-order valence-electron chi connectivity index (χ2n) is 6.46. The lowest BCUT2D eigenvalue weighted by Gasteiger charge is -2.32. The Morgan fingerprint density at radius 1 is 1.40 bits per heavy atom. The highest BCUT2D eigenvalue weighted by molar-refractivity contribution is 5.76. The molecular formula is C17H23N5O3. The molecule has 0 radical (unpaired) electrons. The summed E-state index contributed by atoms with van der Waals surface area (Å²) in [6, 6.07) is 1.84. The van der Waals surface area contributed by atoms with E-state index in [1.807, 2.05) is 26.8 Å². The summed E-state index contributed by atoms with van der Waals surface area (Å²) in [5.41, 5.74) is 0.884. The SMILES string of the molecule is Cc1ccnc(C2CN(C(=O)CCc3nc(C(C)C)no3)CCO2)n1. The standard InChI is InChI=1S/C17H23N5O3/c1-11(2)16-20-14(25-21-16)4-5-15(23)22-8-9-24-13(10-22)17-18-7-6-12(3)19-17/h6-7,11,13H,4-5,8-10H2,1-3H3. The van der Waals surface area contributed by atoms with Gasteiger partial charge in [-0.25, -0.2) is 9.97 Å². The van der Waals surface area contributed by atoms with E-state index in [0.29, 0.717) is 50.1 Å². The van der Waals surface area contributed by atoms with Gasteiger partial charge >= 0.3 is 0 Å². The number of morpholine rings is 1.